The van der Waals surface area contributed by atoms with Crippen LogP contribution in [0, 0.1) is 0 Å². The van der Waals surface area contributed by atoms with Gasteiger partial charge in [0.25, 0.3) is 0 Å². The summed E-state index contributed by atoms with van der Waals surface area (Å²) in [4.78, 5) is 22.3. The Morgan fingerprint density at radius 1 is 0.947 bits per heavy atom. The SMILES string of the molecule is O=C(Cc1ccc(C(=O)[O-])cc1)Nc1ccccc1. The van der Waals surface area contributed by atoms with E-state index in [1.54, 1.807) is 24.3 Å². The molecule has 0 saturated carbocycles. The Bertz CT molecular complexity index is 576. The summed E-state index contributed by atoms with van der Waals surface area (Å²) in [7, 11) is 0. The number of carbonyl (C=O) groups is 2. The number of benzene rings is 2. The van der Waals surface area contributed by atoms with Crippen LogP contribution >= 0.6 is 0 Å². The number of carboxylic acid groups (broad SMARTS) is 1. The van der Waals surface area contributed by atoms with E-state index in [0.29, 0.717) is 0 Å². The second kappa shape index (κ2) is 5.82. The molecule has 4 nitrogen and oxygen atoms in total. The summed E-state index contributed by atoms with van der Waals surface area (Å²) >= 11 is 0. The van der Waals surface area contributed by atoms with Crippen LogP contribution in [-0.4, -0.2) is 11.9 Å². The fourth-order valence-electron chi connectivity index (χ4n) is 1.67. The Hall–Kier alpha value is -2.62. The molecule has 0 unspecified atom stereocenters. The van der Waals surface area contributed by atoms with Gasteiger partial charge in [-0.15, -0.1) is 0 Å². The van der Waals surface area contributed by atoms with Crippen molar-refractivity contribution in [1.82, 2.24) is 0 Å². The second-order valence-corrected chi connectivity index (χ2v) is 4.08. The molecule has 0 fully saturated rings. The Kier molecular flexibility index (Phi) is 3.93. The van der Waals surface area contributed by atoms with Crippen molar-refractivity contribution in [3.8, 4) is 0 Å². The van der Waals surface area contributed by atoms with Gasteiger partial charge < -0.3 is 15.2 Å². The summed E-state index contributed by atoms with van der Waals surface area (Å²) in [5, 5.41) is 13.3. The quantitative estimate of drug-likeness (QED) is 0.892. The van der Waals surface area contributed by atoms with Crippen LogP contribution in [-0.2, 0) is 11.2 Å². The average molecular weight is 254 g/mol. The minimum absolute atomic E-state index is 0.104. The van der Waals surface area contributed by atoms with Crippen molar-refractivity contribution >= 4 is 17.6 Å². The van der Waals surface area contributed by atoms with Gasteiger partial charge >= 0.3 is 0 Å². The zero-order valence-electron chi connectivity index (χ0n) is 10.1. The zero-order chi connectivity index (χ0) is 13.7. The Balaban J connectivity index is 1.97. The maximum absolute atomic E-state index is 11.8. The number of hydrogen-bond acceptors (Lipinski definition) is 3. The first-order valence-electron chi connectivity index (χ1n) is 5.80. The van der Waals surface area contributed by atoms with Crippen LogP contribution in [0.25, 0.3) is 0 Å². The number of aromatic carboxylic acids is 1. The van der Waals surface area contributed by atoms with Crippen molar-refractivity contribution < 1.29 is 14.7 Å². The molecule has 0 aliphatic rings. The zero-order valence-corrected chi connectivity index (χ0v) is 10.1. The lowest BCUT2D eigenvalue weighted by Gasteiger charge is -2.06. The number of hydrogen-bond donors (Lipinski definition) is 1. The first-order chi connectivity index (χ1) is 9.15. The number of nitrogens with one attached hydrogen (secondary N) is 1. The molecule has 1 N–H and O–H groups in total. The van der Waals surface area contributed by atoms with Crippen LogP contribution in [0.5, 0.6) is 0 Å². The van der Waals surface area contributed by atoms with Crippen molar-refractivity contribution in [1.29, 1.82) is 0 Å². The van der Waals surface area contributed by atoms with Crippen LogP contribution in [0.15, 0.2) is 54.6 Å². The molecule has 2 aromatic rings. The van der Waals surface area contributed by atoms with Gasteiger partial charge in [-0.25, -0.2) is 0 Å². The molecule has 0 aliphatic heterocycles. The van der Waals surface area contributed by atoms with Crippen molar-refractivity contribution in [2.45, 2.75) is 6.42 Å². The number of carbonyl (C=O) groups excluding carboxylic acids is 2. The topological polar surface area (TPSA) is 69.2 Å². The van der Waals surface area contributed by atoms with Crippen molar-refractivity contribution in [2.24, 2.45) is 0 Å². The number of para-hydroxylation sites is 1. The van der Waals surface area contributed by atoms with Gasteiger partial charge in [0, 0.05) is 5.69 Å². The molecule has 0 aliphatic carbocycles. The van der Waals surface area contributed by atoms with E-state index in [2.05, 4.69) is 5.32 Å². The fourth-order valence-corrected chi connectivity index (χ4v) is 1.67. The van der Waals surface area contributed by atoms with E-state index in [1.165, 1.54) is 12.1 Å². The molecule has 0 bridgehead atoms. The Labute approximate surface area is 110 Å². The van der Waals surface area contributed by atoms with Gasteiger partial charge in [0.2, 0.25) is 5.91 Å². The van der Waals surface area contributed by atoms with Crippen LogP contribution in [0.1, 0.15) is 15.9 Å². The van der Waals surface area contributed by atoms with Gasteiger partial charge in [0.1, 0.15) is 0 Å². The monoisotopic (exact) mass is 254 g/mol. The summed E-state index contributed by atoms with van der Waals surface area (Å²) in [6.07, 6.45) is 0.197. The highest BCUT2D eigenvalue weighted by atomic mass is 16.4. The Morgan fingerprint density at radius 2 is 1.58 bits per heavy atom. The summed E-state index contributed by atoms with van der Waals surface area (Å²) in [6, 6.07) is 15.2. The normalized spacial score (nSPS) is 9.89. The molecular formula is C15H12NO3-. The first kappa shape index (κ1) is 12.8. The fraction of sp³-hybridized carbons (Fsp3) is 0.0667. The predicted octanol–water partition coefficient (Wildman–Crippen LogP) is 1.23. The standard InChI is InChI=1S/C15H13NO3/c17-14(16-13-4-2-1-3-5-13)10-11-6-8-12(9-7-11)15(18)19/h1-9H,10H2,(H,16,17)(H,18,19)/p-1. The minimum Gasteiger partial charge on any atom is -0.545 e. The van der Waals surface area contributed by atoms with E-state index >= 15 is 0 Å². The lowest BCUT2D eigenvalue weighted by Crippen LogP contribution is -2.22. The highest BCUT2D eigenvalue weighted by Gasteiger charge is 2.04. The lowest BCUT2D eigenvalue weighted by atomic mass is 10.1. The third-order valence-corrected chi connectivity index (χ3v) is 2.61. The minimum atomic E-state index is -1.22. The molecular weight excluding hydrogens is 242 g/mol. The van der Waals surface area contributed by atoms with Crippen molar-refractivity contribution in [3.05, 3.63) is 65.7 Å². The molecule has 19 heavy (non-hydrogen) atoms. The molecule has 2 rings (SSSR count). The third kappa shape index (κ3) is 3.67. The van der Waals surface area contributed by atoms with Crippen LogP contribution in [0.4, 0.5) is 5.69 Å². The first-order valence-corrected chi connectivity index (χ1v) is 5.80. The van der Waals surface area contributed by atoms with Gasteiger partial charge in [-0.3, -0.25) is 4.79 Å². The summed E-state index contributed by atoms with van der Waals surface area (Å²) in [5.74, 6) is -1.37. The van der Waals surface area contributed by atoms with Gasteiger partial charge in [-0.1, -0.05) is 42.5 Å². The van der Waals surface area contributed by atoms with Crippen molar-refractivity contribution in [2.75, 3.05) is 5.32 Å². The molecule has 2 aromatic carbocycles. The molecule has 4 heteroatoms. The molecule has 0 radical (unpaired) electrons. The Morgan fingerprint density at radius 3 is 2.16 bits per heavy atom. The molecule has 1 amide bonds. The number of carboxylic acids is 1. The molecule has 0 spiro atoms. The molecule has 0 heterocycles. The number of anilines is 1. The molecule has 96 valence electrons. The smallest absolute Gasteiger partial charge is 0.228 e. The van der Waals surface area contributed by atoms with Crippen LogP contribution in [0.3, 0.4) is 0 Å². The molecule has 0 aromatic heterocycles. The van der Waals surface area contributed by atoms with E-state index in [4.69, 9.17) is 0 Å². The average Bonchev–Trinajstić information content (AvgIpc) is 2.40. The van der Waals surface area contributed by atoms with Crippen LogP contribution < -0.4 is 10.4 Å². The van der Waals surface area contributed by atoms with Gasteiger partial charge in [0.15, 0.2) is 0 Å². The van der Waals surface area contributed by atoms with Gasteiger partial charge in [-0.2, -0.15) is 0 Å². The largest absolute Gasteiger partial charge is 0.545 e. The summed E-state index contributed by atoms with van der Waals surface area (Å²) in [5.41, 5.74) is 1.59. The molecule has 0 saturated heterocycles. The van der Waals surface area contributed by atoms with Gasteiger partial charge in [-0.05, 0) is 23.3 Å². The predicted molar refractivity (Wildman–Crippen MR) is 69.5 cm³/mol. The maximum atomic E-state index is 11.8. The van der Waals surface area contributed by atoms with E-state index in [0.717, 1.165) is 11.3 Å². The third-order valence-electron chi connectivity index (χ3n) is 2.61. The second-order valence-electron chi connectivity index (χ2n) is 4.08. The maximum Gasteiger partial charge on any atom is 0.228 e. The highest BCUT2D eigenvalue weighted by Crippen LogP contribution is 2.08. The van der Waals surface area contributed by atoms with E-state index in [9.17, 15) is 14.7 Å². The van der Waals surface area contributed by atoms with Gasteiger partial charge in [0.05, 0.1) is 12.4 Å². The number of amides is 1. The summed E-state index contributed by atoms with van der Waals surface area (Å²) < 4.78 is 0. The van der Waals surface area contributed by atoms with E-state index < -0.39 is 5.97 Å². The van der Waals surface area contributed by atoms with Crippen molar-refractivity contribution in [3.63, 3.8) is 0 Å². The highest BCUT2D eigenvalue weighted by molar-refractivity contribution is 5.92. The molecule has 0 atom stereocenters. The van der Waals surface area contributed by atoms with E-state index in [1.807, 2.05) is 18.2 Å². The number of rotatable bonds is 4. The summed E-state index contributed by atoms with van der Waals surface area (Å²) in [6.45, 7) is 0. The lowest BCUT2D eigenvalue weighted by molar-refractivity contribution is -0.255. The van der Waals surface area contributed by atoms with E-state index in [-0.39, 0.29) is 17.9 Å². The van der Waals surface area contributed by atoms with Crippen LogP contribution in [0.2, 0.25) is 0 Å².